The molecule has 0 saturated carbocycles. The highest BCUT2D eigenvalue weighted by Gasteiger charge is 2.48. The van der Waals surface area contributed by atoms with E-state index in [1.807, 2.05) is 36.4 Å². The van der Waals surface area contributed by atoms with E-state index in [0.29, 0.717) is 17.9 Å². The van der Waals surface area contributed by atoms with Crippen molar-refractivity contribution in [1.82, 2.24) is 0 Å². The van der Waals surface area contributed by atoms with Crippen LogP contribution in [0, 0.1) is 5.92 Å². The Morgan fingerprint density at radius 3 is 2.52 bits per heavy atom. The quantitative estimate of drug-likeness (QED) is 0.631. The lowest BCUT2D eigenvalue weighted by Gasteiger charge is -2.36. The molecule has 2 aromatic carbocycles. The summed E-state index contributed by atoms with van der Waals surface area (Å²) >= 11 is 7.60. The molecule has 0 aliphatic carbocycles. The van der Waals surface area contributed by atoms with Gasteiger partial charge in [-0.05, 0) is 74.2 Å². The van der Waals surface area contributed by atoms with Crippen molar-refractivity contribution in [1.29, 1.82) is 0 Å². The highest BCUT2D eigenvalue weighted by atomic mass is 35.5. The molecule has 0 aromatic heterocycles. The number of carboxylic acid groups (broad SMARTS) is 1. The first-order valence-electron chi connectivity index (χ1n) is 9.08. The number of halogens is 1. The summed E-state index contributed by atoms with van der Waals surface area (Å²) in [4.78, 5) is 12.5. The van der Waals surface area contributed by atoms with Gasteiger partial charge in [0.1, 0.15) is 11.5 Å². The monoisotopic (exact) mass is 404 g/mol. The van der Waals surface area contributed by atoms with Crippen LogP contribution in [-0.4, -0.2) is 28.5 Å². The summed E-state index contributed by atoms with van der Waals surface area (Å²) in [7, 11) is 0. The van der Waals surface area contributed by atoms with Crippen LogP contribution in [-0.2, 0) is 9.53 Å². The number of thioether (sulfide) groups is 1. The number of ether oxygens (including phenoxy) is 2. The first kappa shape index (κ1) is 18.7. The van der Waals surface area contributed by atoms with Gasteiger partial charge in [-0.3, -0.25) is 4.79 Å². The predicted molar refractivity (Wildman–Crippen MR) is 106 cm³/mol. The van der Waals surface area contributed by atoms with E-state index in [-0.39, 0.29) is 17.6 Å². The first-order valence-corrected chi connectivity index (χ1v) is 10.4. The molecule has 1 N–H and O–H groups in total. The summed E-state index contributed by atoms with van der Waals surface area (Å²) in [6, 6.07) is 15.2. The molecule has 2 aliphatic rings. The molecule has 6 heteroatoms. The standard InChI is InChI=1S/C21H21ClO4S/c22-15-1-3-16(4-2-15)25-17-5-7-19(8-6-17)27-13-21-10-9-18(26-21)11-14(12-21)20(23)24/h1-8,14,18H,9-13H2,(H,23,24). The number of hydrogen-bond donors (Lipinski definition) is 1. The highest BCUT2D eigenvalue weighted by molar-refractivity contribution is 7.99. The maximum atomic E-state index is 11.4. The Morgan fingerprint density at radius 1 is 1.19 bits per heavy atom. The van der Waals surface area contributed by atoms with Gasteiger partial charge < -0.3 is 14.6 Å². The zero-order valence-corrected chi connectivity index (χ0v) is 16.3. The third-order valence-corrected chi connectivity index (χ3v) is 6.76. The lowest BCUT2D eigenvalue weighted by molar-refractivity contribution is -0.153. The van der Waals surface area contributed by atoms with Crippen LogP contribution >= 0.6 is 23.4 Å². The molecule has 3 unspecified atom stereocenters. The van der Waals surface area contributed by atoms with E-state index >= 15 is 0 Å². The molecule has 142 valence electrons. The average Bonchev–Trinajstić information content (AvgIpc) is 2.97. The van der Waals surface area contributed by atoms with Gasteiger partial charge in [-0.25, -0.2) is 0 Å². The molecule has 2 saturated heterocycles. The summed E-state index contributed by atoms with van der Waals surface area (Å²) in [5.74, 6) is 1.32. The van der Waals surface area contributed by atoms with E-state index in [4.69, 9.17) is 21.1 Å². The van der Waals surface area contributed by atoms with Crippen LogP contribution in [0.5, 0.6) is 11.5 Å². The minimum atomic E-state index is -0.691. The molecule has 0 radical (unpaired) electrons. The van der Waals surface area contributed by atoms with E-state index in [1.54, 1.807) is 23.9 Å². The Labute approximate surface area is 167 Å². The number of rotatable bonds is 6. The van der Waals surface area contributed by atoms with Crippen LogP contribution in [0.3, 0.4) is 0 Å². The van der Waals surface area contributed by atoms with E-state index in [9.17, 15) is 9.90 Å². The van der Waals surface area contributed by atoms with Crippen LogP contribution in [0.1, 0.15) is 25.7 Å². The summed E-state index contributed by atoms with van der Waals surface area (Å²) < 4.78 is 12.0. The van der Waals surface area contributed by atoms with Crippen LogP contribution in [0.2, 0.25) is 5.02 Å². The molecule has 2 aromatic rings. The minimum absolute atomic E-state index is 0.107. The average molecular weight is 405 g/mol. The molecule has 2 aliphatic heterocycles. The van der Waals surface area contributed by atoms with Gasteiger partial charge in [0, 0.05) is 15.7 Å². The maximum absolute atomic E-state index is 11.4. The minimum Gasteiger partial charge on any atom is -0.481 e. The van der Waals surface area contributed by atoms with Crippen molar-refractivity contribution >= 4 is 29.3 Å². The van der Waals surface area contributed by atoms with E-state index in [1.165, 1.54) is 0 Å². The van der Waals surface area contributed by atoms with E-state index in [2.05, 4.69) is 0 Å². The molecule has 27 heavy (non-hydrogen) atoms. The molecule has 3 atom stereocenters. The maximum Gasteiger partial charge on any atom is 0.306 e. The molecule has 2 heterocycles. The van der Waals surface area contributed by atoms with Gasteiger partial charge >= 0.3 is 5.97 Å². The molecule has 2 fully saturated rings. The zero-order valence-electron chi connectivity index (χ0n) is 14.8. The van der Waals surface area contributed by atoms with Gasteiger partial charge in [-0.2, -0.15) is 0 Å². The number of benzene rings is 2. The molecule has 0 amide bonds. The summed E-state index contributed by atoms with van der Waals surface area (Å²) in [5.41, 5.74) is -0.297. The van der Waals surface area contributed by atoms with Crippen LogP contribution in [0.15, 0.2) is 53.4 Å². The normalized spacial score (nSPS) is 26.7. The lowest BCUT2D eigenvalue weighted by Crippen LogP contribution is -2.41. The van der Waals surface area contributed by atoms with Crippen molar-refractivity contribution < 1.29 is 19.4 Å². The topological polar surface area (TPSA) is 55.8 Å². The molecule has 2 bridgehead atoms. The van der Waals surface area contributed by atoms with Crippen molar-refractivity contribution in [2.75, 3.05) is 5.75 Å². The van der Waals surface area contributed by atoms with Gasteiger partial charge in [0.05, 0.1) is 17.6 Å². The second-order valence-corrected chi connectivity index (χ2v) is 8.74. The fourth-order valence-corrected chi connectivity index (χ4v) is 5.09. The van der Waals surface area contributed by atoms with Gasteiger partial charge in [0.2, 0.25) is 0 Å². The van der Waals surface area contributed by atoms with Crippen molar-refractivity contribution in [3.63, 3.8) is 0 Å². The molecular formula is C21H21ClO4S. The predicted octanol–water partition coefficient (Wildman–Crippen LogP) is 5.64. The number of carbonyl (C=O) groups is 1. The van der Waals surface area contributed by atoms with Crippen molar-refractivity contribution in [2.24, 2.45) is 5.92 Å². The number of aliphatic carboxylic acids is 1. The van der Waals surface area contributed by atoms with Gasteiger partial charge in [0.15, 0.2) is 0 Å². The lowest BCUT2D eigenvalue weighted by atomic mass is 9.88. The Kier molecular flexibility index (Phi) is 5.35. The van der Waals surface area contributed by atoms with Gasteiger partial charge in [-0.1, -0.05) is 11.6 Å². The van der Waals surface area contributed by atoms with Crippen LogP contribution in [0.4, 0.5) is 0 Å². The smallest absolute Gasteiger partial charge is 0.306 e. The Bertz CT molecular complexity index is 808. The molecular weight excluding hydrogens is 384 g/mol. The Hall–Kier alpha value is -1.69. The number of fused-ring (bicyclic) bond motifs is 2. The second-order valence-electron chi connectivity index (χ2n) is 7.25. The van der Waals surface area contributed by atoms with Crippen LogP contribution in [0.25, 0.3) is 0 Å². The molecule has 0 spiro atoms. The summed E-state index contributed by atoms with van der Waals surface area (Å²) in [6.07, 6.45) is 3.29. The van der Waals surface area contributed by atoms with Crippen molar-refractivity contribution in [3.8, 4) is 11.5 Å². The van der Waals surface area contributed by atoms with Gasteiger partial charge in [0.25, 0.3) is 0 Å². The van der Waals surface area contributed by atoms with Crippen molar-refractivity contribution in [3.05, 3.63) is 53.6 Å². The highest BCUT2D eigenvalue weighted by Crippen LogP contribution is 2.46. The van der Waals surface area contributed by atoms with E-state index < -0.39 is 5.97 Å². The number of carboxylic acids is 1. The summed E-state index contributed by atoms with van der Waals surface area (Å²) in [5, 5.41) is 10.1. The third kappa shape index (κ3) is 4.42. The molecule has 4 nitrogen and oxygen atoms in total. The van der Waals surface area contributed by atoms with E-state index in [0.717, 1.165) is 35.0 Å². The molecule has 4 rings (SSSR count). The number of hydrogen-bond acceptors (Lipinski definition) is 4. The van der Waals surface area contributed by atoms with Gasteiger partial charge in [-0.15, -0.1) is 11.8 Å². The largest absolute Gasteiger partial charge is 0.481 e. The second kappa shape index (κ2) is 7.74. The third-order valence-electron chi connectivity index (χ3n) is 5.23. The fraction of sp³-hybridized carbons (Fsp3) is 0.381. The SMILES string of the molecule is O=C(O)C1CC2CCC(CSc3ccc(Oc4ccc(Cl)cc4)cc3)(C1)O2. The zero-order chi connectivity index (χ0) is 18.9. The summed E-state index contributed by atoms with van der Waals surface area (Å²) in [6.45, 7) is 0. The van der Waals surface area contributed by atoms with Crippen molar-refractivity contribution in [2.45, 2.75) is 42.3 Å². The van der Waals surface area contributed by atoms with Crippen LogP contribution < -0.4 is 4.74 Å². The first-order chi connectivity index (χ1) is 13.0. The fourth-order valence-electron chi connectivity index (χ4n) is 3.87. The Morgan fingerprint density at radius 2 is 1.85 bits per heavy atom. The Balaban J connectivity index is 1.36.